The van der Waals surface area contributed by atoms with Crippen molar-refractivity contribution in [2.24, 2.45) is 0 Å². The van der Waals surface area contributed by atoms with Gasteiger partial charge in [0.1, 0.15) is 5.82 Å². The number of ether oxygens (including phenoxy) is 1. The Morgan fingerprint density at radius 3 is 2.68 bits per heavy atom. The number of aromatic amines is 1. The fourth-order valence-electron chi connectivity index (χ4n) is 4.09. The number of fused-ring (bicyclic) bond motifs is 1. The van der Waals surface area contributed by atoms with Crippen LogP contribution in [-0.4, -0.2) is 50.7 Å². The number of nitrogens with zero attached hydrogens (tertiary/aromatic N) is 1. The molecule has 3 aromatic rings. The molecular formula is C22H23F3N2O3S. The number of hydrogen-bond acceptors (Lipinski definition) is 4. The first-order valence-electron chi connectivity index (χ1n) is 10.0. The molecule has 1 N–H and O–H groups in total. The summed E-state index contributed by atoms with van der Waals surface area (Å²) in [6, 6.07) is 10.5. The van der Waals surface area contributed by atoms with E-state index in [1.807, 2.05) is 11.0 Å². The molecule has 0 unspecified atom stereocenters. The van der Waals surface area contributed by atoms with Crippen molar-refractivity contribution in [1.82, 2.24) is 9.88 Å². The number of rotatable bonds is 8. The summed E-state index contributed by atoms with van der Waals surface area (Å²) < 4.78 is 68.9. The highest BCUT2D eigenvalue weighted by Gasteiger charge is 2.26. The van der Waals surface area contributed by atoms with Crippen LogP contribution in [0.25, 0.3) is 10.9 Å². The van der Waals surface area contributed by atoms with E-state index in [1.165, 1.54) is 24.3 Å². The summed E-state index contributed by atoms with van der Waals surface area (Å²) in [7, 11) is -3.66. The Morgan fingerprint density at radius 2 is 1.94 bits per heavy atom. The SMILES string of the molecule is O=S(=O)(Cc1ccc(F)cc1)c1cccc2[nH]cc(CCN3CC[C@H](OC(F)F)C3)c12. The number of alkyl halides is 2. The van der Waals surface area contributed by atoms with Crippen molar-refractivity contribution in [2.45, 2.75) is 36.2 Å². The number of likely N-dealkylation sites (tertiary alicyclic amines) is 1. The minimum Gasteiger partial charge on any atom is -0.361 e. The lowest BCUT2D eigenvalue weighted by Crippen LogP contribution is -2.26. The number of benzene rings is 2. The van der Waals surface area contributed by atoms with Gasteiger partial charge in [-0.1, -0.05) is 18.2 Å². The molecule has 1 aliphatic heterocycles. The van der Waals surface area contributed by atoms with E-state index in [0.717, 1.165) is 11.1 Å². The maximum Gasteiger partial charge on any atom is 0.345 e. The zero-order chi connectivity index (χ0) is 22.0. The summed E-state index contributed by atoms with van der Waals surface area (Å²) in [6.45, 7) is -1.06. The van der Waals surface area contributed by atoms with Crippen molar-refractivity contribution in [3.05, 3.63) is 65.6 Å². The van der Waals surface area contributed by atoms with Gasteiger partial charge in [-0.2, -0.15) is 8.78 Å². The van der Waals surface area contributed by atoms with Gasteiger partial charge in [0.25, 0.3) is 0 Å². The lowest BCUT2D eigenvalue weighted by Gasteiger charge is -2.16. The largest absolute Gasteiger partial charge is 0.361 e. The number of nitrogens with one attached hydrogen (secondary N) is 1. The minimum atomic E-state index is -3.66. The molecule has 0 saturated carbocycles. The summed E-state index contributed by atoms with van der Waals surface area (Å²) in [5.41, 5.74) is 2.08. The molecule has 1 atom stereocenters. The van der Waals surface area contributed by atoms with Gasteiger partial charge >= 0.3 is 6.61 Å². The fraction of sp³-hybridized carbons (Fsp3) is 0.364. The molecular weight excluding hydrogens is 429 g/mol. The van der Waals surface area contributed by atoms with Crippen LogP contribution in [0.2, 0.25) is 0 Å². The van der Waals surface area contributed by atoms with Crippen molar-refractivity contribution in [3.63, 3.8) is 0 Å². The Morgan fingerprint density at radius 1 is 1.16 bits per heavy atom. The molecule has 1 saturated heterocycles. The van der Waals surface area contributed by atoms with Gasteiger partial charge < -0.3 is 14.6 Å². The molecule has 0 bridgehead atoms. The van der Waals surface area contributed by atoms with Crippen molar-refractivity contribution in [2.75, 3.05) is 19.6 Å². The Bertz CT molecular complexity index is 1150. The van der Waals surface area contributed by atoms with Gasteiger partial charge in [0.2, 0.25) is 0 Å². The van der Waals surface area contributed by atoms with Crippen LogP contribution in [0.15, 0.2) is 53.6 Å². The molecule has 1 aliphatic rings. The number of aromatic nitrogens is 1. The summed E-state index contributed by atoms with van der Waals surface area (Å²) in [5.74, 6) is -0.644. The van der Waals surface area contributed by atoms with Crippen molar-refractivity contribution in [3.8, 4) is 0 Å². The fourth-order valence-corrected chi connectivity index (χ4v) is 5.71. The number of hydrogen-bond donors (Lipinski definition) is 1. The first-order valence-corrected chi connectivity index (χ1v) is 11.7. The first kappa shape index (κ1) is 21.9. The predicted octanol–water partition coefficient (Wildman–Crippen LogP) is 4.14. The molecule has 1 aromatic heterocycles. The van der Waals surface area contributed by atoms with Gasteiger partial charge in [-0.05, 0) is 48.2 Å². The Hall–Kier alpha value is -2.36. The maximum absolute atomic E-state index is 13.2. The van der Waals surface area contributed by atoms with Crippen LogP contribution < -0.4 is 0 Å². The summed E-state index contributed by atoms with van der Waals surface area (Å²) >= 11 is 0. The Labute approximate surface area is 178 Å². The molecule has 4 rings (SSSR count). The van der Waals surface area contributed by atoms with Crippen LogP contribution in [-0.2, 0) is 26.7 Å². The van der Waals surface area contributed by atoms with E-state index < -0.39 is 28.4 Å². The minimum absolute atomic E-state index is 0.226. The molecule has 0 spiro atoms. The predicted molar refractivity (Wildman–Crippen MR) is 111 cm³/mol. The third kappa shape index (κ3) is 5.11. The highest BCUT2D eigenvalue weighted by Crippen LogP contribution is 2.29. The first-order chi connectivity index (χ1) is 14.8. The van der Waals surface area contributed by atoms with Gasteiger partial charge in [-0.15, -0.1) is 0 Å². The van der Waals surface area contributed by atoms with Crippen molar-refractivity contribution in [1.29, 1.82) is 0 Å². The van der Waals surface area contributed by atoms with Crippen LogP contribution in [0.5, 0.6) is 0 Å². The molecule has 1 fully saturated rings. The second kappa shape index (κ2) is 9.02. The van der Waals surface area contributed by atoms with Crippen LogP contribution >= 0.6 is 0 Å². The standard InChI is InChI=1S/C22H23F3N2O3S/c23-17-6-4-15(5-7-17)14-31(28,29)20-3-1-2-19-21(20)16(12-26-19)8-10-27-11-9-18(13-27)30-22(24)25/h1-7,12,18,22,26H,8-11,13-14H2/t18-/m0/s1. The van der Waals surface area contributed by atoms with E-state index in [2.05, 4.69) is 9.72 Å². The van der Waals surface area contributed by atoms with Crippen LogP contribution in [0.1, 0.15) is 17.5 Å². The maximum atomic E-state index is 13.2. The quantitative estimate of drug-likeness (QED) is 0.558. The normalized spacial score (nSPS) is 17.7. The average Bonchev–Trinajstić information content (AvgIpc) is 3.34. The molecule has 0 aliphatic carbocycles. The van der Waals surface area contributed by atoms with E-state index >= 15 is 0 Å². The van der Waals surface area contributed by atoms with E-state index in [1.54, 1.807) is 18.3 Å². The molecule has 2 heterocycles. The molecule has 166 valence electrons. The van der Waals surface area contributed by atoms with Gasteiger partial charge in [0, 0.05) is 36.7 Å². The number of H-pyrrole nitrogens is 1. The topological polar surface area (TPSA) is 62.4 Å². The zero-order valence-electron chi connectivity index (χ0n) is 16.7. The second-order valence-corrected chi connectivity index (χ2v) is 9.69. The Kier molecular flexibility index (Phi) is 6.36. The molecule has 0 amide bonds. The zero-order valence-corrected chi connectivity index (χ0v) is 17.5. The van der Waals surface area contributed by atoms with Gasteiger partial charge in [0.15, 0.2) is 9.84 Å². The molecule has 31 heavy (non-hydrogen) atoms. The highest BCUT2D eigenvalue weighted by molar-refractivity contribution is 7.90. The number of halogens is 3. The molecule has 9 heteroatoms. The lowest BCUT2D eigenvalue weighted by molar-refractivity contribution is -0.158. The summed E-state index contributed by atoms with van der Waals surface area (Å²) in [6.07, 6.45) is 2.44. The average molecular weight is 452 g/mol. The molecule has 0 radical (unpaired) electrons. The Balaban J connectivity index is 1.53. The summed E-state index contributed by atoms with van der Waals surface area (Å²) in [5, 5.41) is 0.643. The third-order valence-electron chi connectivity index (χ3n) is 5.58. The number of sulfone groups is 1. The molecule has 5 nitrogen and oxygen atoms in total. The van der Waals surface area contributed by atoms with Crippen molar-refractivity contribution >= 4 is 20.7 Å². The van der Waals surface area contributed by atoms with Gasteiger partial charge in [-0.3, -0.25) is 0 Å². The third-order valence-corrected chi connectivity index (χ3v) is 7.30. The van der Waals surface area contributed by atoms with Gasteiger partial charge in [-0.25, -0.2) is 12.8 Å². The molecule has 2 aromatic carbocycles. The lowest BCUT2D eigenvalue weighted by atomic mass is 10.1. The van der Waals surface area contributed by atoms with Crippen LogP contribution in [0.3, 0.4) is 0 Å². The van der Waals surface area contributed by atoms with E-state index in [4.69, 9.17) is 0 Å². The monoisotopic (exact) mass is 452 g/mol. The van der Waals surface area contributed by atoms with Crippen LogP contribution in [0.4, 0.5) is 13.2 Å². The van der Waals surface area contributed by atoms with E-state index in [9.17, 15) is 21.6 Å². The van der Waals surface area contributed by atoms with Gasteiger partial charge in [0.05, 0.1) is 16.8 Å². The highest BCUT2D eigenvalue weighted by atomic mass is 32.2. The van der Waals surface area contributed by atoms with E-state index in [0.29, 0.717) is 43.4 Å². The van der Waals surface area contributed by atoms with E-state index in [-0.39, 0.29) is 10.6 Å². The van der Waals surface area contributed by atoms with Crippen LogP contribution in [0, 0.1) is 5.82 Å². The second-order valence-electron chi connectivity index (χ2n) is 7.74. The smallest absolute Gasteiger partial charge is 0.345 e. The van der Waals surface area contributed by atoms with Crippen molar-refractivity contribution < 1.29 is 26.3 Å². The summed E-state index contributed by atoms with van der Waals surface area (Å²) in [4.78, 5) is 5.40.